The van der Waals surface area contributed by atoms with Crippen LogP contribution in [-0.2, 0) is 35.3 Å². The fourth-order valence-electron chi connectivity index (χ4n) is 7.51. The van der Waals surface area contributed by atoms with Crippen molar-refractivity contribution >= 4 is 35.5 Å². The van der Waals surface area contributed by atoms with E-state index in [4.69, 9.17) is 4.74 Å². The second-order valence-corrected chi connectivity index (χ2v) is 15.5. The number of ether oxygens (including phenoxy) is 1. The zero-order valence-electron chi connectivity index (χ0n) is 30.2. The highest BCUT2D eigenvalue weighted by molar-refractivity contribution is 6.38. The van der Waals surface area contributed by atoms with Gasteiger partial charge in [-0.3, -0.25) is 24.0 Å². The molecule has 50 heavy (non-hydrogen) atoms. The third-order valence-corrected chi connectivity index (χ3v) is 10.3. The summed E-state index contributed by atoms with van der Waals surface area (Å²) in [6.07, 6.45) is 5.90. The van der Waals surface area contributed by atoms with Crippen LogP contribution in [0.4, 0.5) is 4.79 Å². The van der Waals surface area contributed by atoms with Crippen LogP contribution in [0.2, 0.25) is 0 Å². The second-order valence-electron chi connectivity index (χ2n) is 15.5. The van der Waals surface area contributed by atoms with E-state index in [1.165, 1.54) is 0 Å². The summed E-state index contributed by atoms with van der Waals surface area (Å²) in [5.41, 5.74) is -0.00953. The Kier molecular flexibility index (Phi) is 12.9. The number of likely N-dealkylation sites (tertiary alicyclic amines) is 1. The van der Waals surface area contributed by atoms with Crippen molar-refractivity contribution in [3.05, 3.63) is 48.6 Å². The maximum absolute atomic E-state index is 14.3. The third-order valence-electron chi connectivity index (χ3n) is 10.3. The quantitative estimate of drug-likeness (QED) is 0.161. The molecule has 0 bridgehead atoms. The van der Waals surface area contributed by atoms with Crippen LogP contribution < -0.4 is 21.3 Å². The summed E-state index contributed by atoms with van der Waals surface area (Å²) < 4.78 is 5.51. The number of benzene rings is 1. The predicted molar refractivity (Wildman–Crippen MR) is 188 cm³/mol. The molecule has 5 atom stereocenters. The van der Waals surface area contributed by atoms with Crippen molar-refractivity contribution in [1.29, 1.82) is 0 Å². The van der Waals surface area contributed by atoms with Gasteiger partial charge in [-0.25, -0.2) is 4.79 Å². The minimum absolute atomic E-state index is 0.0215. The second kappa shape index (κ2) is 16.7. The molecule has 0 aromatic heterocycles. The Morgan fingerprint density at radius 3 is 2.32 bits per heavy atom. The first-order valence-electron chi connectivity index (χ1n) is 18.0. The highest BCUT2D eigenvalue weighted by Crippen LogP contribution is 2.65. The van der Waals surface area contributed by atoms with Gasteiger partial charge in [-0.1, -0.05) is 69.5 Å². The van der Waals surface area contributed by atoms with Gasteiger partial charge >= 0.3 is 6.09 Å². The Labute approximate surface area is 295 Å². The zero-order chi connectivity index (χ0) is 36.6. The molecule has 0 radical (unpaired) electrons. The maximum atomic E-state index is 14.3. The number of Topliss-reactive ketones (excluding diaryl/α,β-unsaturated/α-hetero) is 1. The van der Waals surface area contributed by atoms with E-state index < -0.39 is 47.4 Å². The van der Waals surface area contributed by atoms with Crippen molar-refractivity contribution in [2.75, 3.05) is 13.1 Å². The maximum Gasteiger partial charge on any atom is 0.408 e. The van der Waals surface area contributed by atoms with Crippen LogP contribution in [0.3, 0.4) is 0 Å². The Balaban J connectivity index is 1.43. The van der Waals surface area contributed by atoms with E-state index in [-0.39, 0.29) is 54.4 Å². The molecule has 1 heterocycles. The molecule has 274 valence electrons. The number of nitrogens with one attached hydrogen (secondary N) is 4. The molecule has 2 saturated carbocycles. The molecule has 3 unspecified atom stereocenters. The van der Waals surface area contributed by atoms with Gasteiger partial charge in [0.1, 0.15) is 17.7 Å². The van der Waals surface area contributed by atoms with E-state index in [1.807, 2.05) is 30.3 Å². The predicted octanol–water partition coefficient (Wildman–Crippen LogP) is 3.79. The number of allylic oxidation sites excluding steroid dienone is 1. The Hall–Kier alpha value is -4.22. The molecule has 1 saturated heterocycles. The summed E-state index contributed by atoms with van der Waals surface area (Å²) in [5, 5.41) is 10.9. The SMILES string of the molecule is C=CCCC(NC(=O)[C@@H]1C2C(CN1C(=O)[C@@H](NC(=O)OC(C)(C)C)C1CCCCC1)C2(C)C)C(=O)C(=O)NCCC(=O)NCc1ccccc1. The Morgan fingerprint density at radius 1 is 1.00 bits per heavy atom. The molecule has 1 aliphatic heterocycles. The van der Waals surface area contributed by atoms with Gasteiger partial charge in [-0.2, -0.15) is 0 Å². The van der Waals surface area contributed by atoms with Gasteiger partial charge in [-0.05, 0) is 75.2 Å². The number of hydrogen-bond donors (Lipinski definition) is 4. The van der Waals surface area contributed by atoms with Crippen molar-refractivity contribution in [3.63, 3.8) is 0 Å². The van der Waals surface area contributed by atoms with Gasteiger partial charge in [0.2, 0.25) is 23.5 Å². The molecule has 3 fully saturated rings. The number of rotatable bonds is 15. The van der Waals surface area contributed by atoms with Crippen LogP contribution in [0, 0.1) is 23.2 Å². The number of carbonyl (C=O) groups is 6. The standard InChI is InChI=1S/C38H55N5O7/c1-7-8-19-27(32(45)34(47)39-21-20-28(44)40-22-24-15-11-9-12-16-24)41-33(46)31-29-26(38(29,5)6)23-43(31)35(48)30(25-17-13-10-14-18-25)42-36(49)50-37(2,3)4/h7,9,11-12,15-16,25-27,29-31H,1,8,10,13-14,17-23H2,2-6H3,(H,39,47)(H,40,44)(H,41,46)(H,42,49)/t26?,27?,29?,30-,31-/m0/s1. The van der Waals surface area contributed by atoms with E-state index >= 15 is 0 Å². The summed E-state index contributed by atoms with van der Waals surface area (Å²) in [6, 6.07) is 6.53. The van der Waals surface area contributed by atoms with Crippen molar-refractivity contribution in [3.8, 4) is 0 Å². The van der Waals surface area contributed by atoms with E-state index in [1.54, 1.807) is 31.7 Å². The highest BCUT2D eigenvalue weighted by atomic mass is 16.6. The molecule has 5 amide bonds. The third kappa shape index (κ3) is 9.94. The molecular formula is C38H55N5O7. The summed E-state index contributed by atoms with van der Waals surface area (Å²) in [5.74, 6) is -3.01. The minimum atomic E-state index is -1.15. The lowest BCUT2D eigenvalue weighted by atomic mass is 9.83. The fourth-order valence-corrected chi connectivity index (χ4v) is 7.51. The molecule has 3 aliphatic rings. The van der Waals surface area contributed by atoms with Crippen LogP contribution in [0.1, 0.15) is 91.5 Å². The van der Waals surface area contributed by atoms with Crippen LogP contribution in [-0.4, -0.2) is 77.2 Å². The number of carbonyl (C=O) groups excluding carboxylic acids is 6. The van der Waals surface area contributed by atoms with Crippen molar-refractivity contribution in [2.45, 2.75) is 116 Å². The van der Waals surface area contributed by atoms with Gasteiger partial charge in [0.25, 0.3) is 5.91 Å². The topological polar surface area (TPSA) is 163 Å². The first-order valence-corrected chi connectivity index (χ1v) is 18.0. The number of amides is 5. The van der Waals surface area contributed by atoms with Gasteiger partial charge in [-0.15, -0.1) is 6.58 Å². The molecule has 0 spiro atoms. The number of fused-ring (bicyclic) bond motifs is 1. The minimum Gasteiger partial charge on any atom is -0.444 e. The van der Waals surface area contributed by atoms with Crippen LogP contribution in [0.5, 0.6) is 0 Å². The van der Waals surface area contributed by atoms with Gasteiger partial charge in [0, 0.05) is 26.1 Å². The number of alkyl carbamates (subject to hydrolysis) is 1. The fraction of sp³-hybridized carbons (Fsp3) is 0.632. The molecule has 1 aromatic carbocycles. The smallest absolute Gasteiger partial charge is 0.408 e. The van der Waals surface area contributed by atoms with E-state index in [9.17, 15) is 28.8 Å². The van der Waals surface area contributed by atoms with Crippen LogP contribution in [0.25, 0.3) is 0 Å². The summed E-state index contributed by atoms with van der Waals surface area (Å²) >= 11 is 0. The molecule has 4 rings (SSSR count). The van der Waals surface area contributed by atoms with E-state index in [0.29, 0.717) is 19.5 Å². The molecule has 4 N–H and O–H groups in total. The lowest BCUT2D eigenvalue weighted by Crippen LogP contribution is -2.59. The first-order chi connectivity index (χ1) is 23.6. The monoisotopic (exact) mass is 693 g/mol. The largest absolute Gasteiger partial charge is 0.444 e. The number of piperidine rings is 1. The summed E-state index contributed by atoms with van der Waals surface area (Å²) in [6.45, 7) is 13.8. The average molecular weight is 694 g/mol. The number of ketones is 1. The molecule has 2 aliphatic carbocycles. The van der Waals surface area contributed by atoms with Gasteiger partial charge in [0.05, 0.1) is 6.04 Å². The Bertz CT molecular complexity index is 1420. The average Bonchev–Trinajstić information content (AvgIpc) is 3.38. The van der Waals surface area contributed by atoms with E-state index in [2.05, 4.69) is 41.7 Å². The van der Waals surface area contributed by atoms with Crippen molar-refractivity contribution < 1.29 is 33.5 Å². The molecular weight excluding hydrogens is 638 g/mol. The molecule has 1 aromatic rings. The normalized spacial score (nSPS) is 22.3. The van der Waals surface area contributed by atoms with Crippen LogP contribution in [0.15, 0.2) is 43.0 Å². The zero-order valence-corrected chi connectivity index (χ0v) is 30.2. The molecule has 12 heteroatoms. The van der Waals surface area contributed by atoms with Crippen LogP contribution >= 0.6 is 0 Å². The first kappa shape index (κ1) is 38.6. The van der Waals surface area contributed by atoms with E-state index in [0.717, 1.165) is 37.7 Å². The summed E-state index contributed by atoms with van der Waals surface area (Å²) in [4.78, 5) is 81.5. The Morgan fingerprint density at radius 2 is 1.68 bits per heavy atom. The highest BCUT2D eigenvalue weighted by Gasteiger charge is 2.69. The summed E-state index contributed by atoms with van der Waals surface area (Å²) in [7, 11) is 0. The number of nitrogens with zero attached hydrogens (tertiary/aromatic N) is 1. The number of hydrogen-bond acceptors (Lipinski definition) is 7. The van der Waals surface area contributed by atoms with Crippen molar-refractivity contribution in [1.82, 2.24) is 26.2 Å². The lowest BCUT2D eigenvalue weighted by Gasteiger charge is -2.37. The lowest BCUT2D eigenvalue weighted by molar-refractivity contribution is -0.145. The van der Waals surface area contributed by atoms with Crippen molar-refractivity contribution in [2.24, 2.45) is 23.2 Å². The van der Waals surface area contributed by atoms with Gasteiger partial charge in [0.15, 0.2) is 0 Å². The molecule has 12 nitrogen and oxygen atoms in total. The van der Waals surface area contributed by atoms with Gasteiger partial charge < -0.3 is 30.9 Å².